The van der Waals surface area contributed by atoms with Crippen LogP contribution in [0, 0.1) is 5.82 Å². The van der Waals surface area contributed by atoms with E-state index in [2.05, 4.69) is 10.4 Å². The van der Waals surface area contributed by atoms with Gasteiger partial charge in [-0.15, -0.1) is 5.10 Å². The van der Waals surface area contributed by atoms with Gasteiger partial charge in [0.25, 0.3) is 11.5 Å². The molecule has 0 aliphatic heterocycles. The molecule has 0 atom stereocenters. The van der Waals surface area contributed by atoms with Crippen molar-refractivity contribution in [2.24, 2.45) is 0 Å². The van der Waals surface area contributed by atoms with E-state index in [0.29, 0.717) is 23.9 Å². The first kappa shape index (κ1) is 23.3. The second-order valence-electron chi connectivity index (χ2n) is 8.92. The van der Waals surface area contributed by atoms with Crippen molar-refractivity contribution in [2.75, 3.05) is 0 Å². The summed E-state index contributed by atoms with van der Waals surface area (Å²) in [6, 6.07) is 9.14. The Balaban J connectivity index is 1.69. The zero-order valence-electron chi connectivity index (χ0n) is 19.3. The van der Waals surface area contributed by atoms with Gasteiger partial charge in [0.1, 0.15) is 5.82 Å². The van der Waals surface area contributed by atoms with Crippen LogP contribution >= 0.6 is 11.6 Å². The number of carbonyl (C=O) groups is 1. The number of aryl methyl sites for hydroxylation is 1. The lowest BCUT2D eigenvalue weighted by Crippen LogP contribution is -2.33. The van der Waals surface area contributed by atoms with Gasteiger partial charge in [-0.1, -0.05) is 37.4 Å². The fourth-order valence-electron chi connectivity index (χ4n) is 4.76. The maximum absolute atomic E-state index is 14.4. The van der Waals surface area contributed by atoms with E-state index in [0.717, 1.165) is 30.4 Å². The highest BCUT2D eigenvalue weighted by atomic mass is 35.5. The molecule has 1 aliphatic rings. The number of benzene rings is 2. The highest BCUT2D eigenvalue weighted by Gasteiger charge is 2.22. The first-order chi connectivity index (χ1) is 16.9. The molecule has 0 unspecified atom stereocenters. The average Bonchev–Trinajstić information content (AvgIpc) is 3.46. The molecule has 0 saturated heterocycles. The van der Waals surface area contributed by atoms with E-state index in [-0.39, 0.29) is 45.9 Å². The first-order valence-electron chi connectivity index (χ1n) is 11.8. The molecule has 1 aliphatic carbocycles. The summed E-state index contributed by atoms with van der Waals surface area (Å²) in [5.41, 5.74) is -0.0897. The van der Waals surface area contributed by atoms with Crippen LogP contribution in [0.25, 0.3) is 16.7 Å². The highest BCUT2D eigenvalue weighted by molar-refractivity contribution is 6.31. The lowest BCUT2D eigenvalue weighted by Gasteiger charge is -2.13. The Morgan fingerprint density at radius 2 is 1.97 bits per heavy atom. The zero-order chi connectivity index (χ0) is 24.7. The van der Waals surface area contributed by atoms with Crippen LogP contribution in [0.2, 0.25) is 5.02 Å². The Bertz CT molecular complexity index is 1550. The number of halogens is 2. The van der Waals surface area contributed by atoms with Crippen LogP contribution in [-0.2, 0) is 13.1 Å². The Labute approximate surface area is 204 Å². The summed E-state index contributed by atoms with van der Waals surface area (Å²) in [4.78, 5) is 39.7. The van der Waals surface area contributed by atoms with Crippen molar-refractivity contribution in [1.29, 1.82) is 0 Å². The predicted molar refractivity (Wildman–Crippen MR) is 132 cm³/mol. The van der Waals surface area contributed by atoms with Gasteiger partial charge in [-0.25, -0.2) is 18.3 Å². The molecule has 10 heteroatoms. The number of nitrogens with one attached hydrogen (secondary N) is 1. The fraction of sp³-hybridized carbons (Fsp3) is 0.360. The van der Waals surface area contributed by atoms with Crippen LogP contribution in [-0.4, -0.2) is 30.7 Å². The molecule has 2 aromatic heterocycles. The number of fused-ring (bicyclic) bond motifs is 3. The Morgan fingerprint density at radius 1 is 1.20 bits per heavy atom. The van der Waals surface area contributed by atoms with Gasteiger partial charge in [0.2, 0.25) is 5.78 Å². The van der Waals surface area contributed by atoms with Crippen molar-refractivity contribution < 1.29 is 9.18 Å². The molecule has 1 saturated carbocycles. The molecule has 8 nitrogen and oxygen atoms in total. The molecule has 1 fully saturated rings. The predicted octanol–water partition coefficient (Wildman–Crippen LogP) is 3.73. The third-order valence-electron chi connectivity index (χ3n) is 6.55. The summed E-state index contributed by atoms with van der Waals surface area (Å²) >= 11 is 6.17. The van der Waals surface area contributed by atoms with Crippen molar-refractivity contribution >= 4 is 34.2 Å². The second-order valence-corrected chi connectivity index (χ2v) is 9.33. The number of amides is 1. The van der Waals surface area contributed by atoms with Gasteiger partial charge in [-0.2, -0.15) is 0 Å². The molecule has 0 spiro atoms. The molecule has 2 heterocycles. The Hall–Kier alpha value is -3.46. The van der Waals surface area contributed by atoms with Gasteiger partial charge >= 0.3 is 5.69 Å². The molecular weight excluding hydrogens is 473 g/mol. The molecule has 182 valence electrons. The summed E-state index contributed by atoms with van der Waals surface area (Å²) in [5.74, 6) is -0.665. The van der Waals surface area contributed by atoms with E-state index in [1.807, 2.05) is 6.92 Å². The number of hydrogen-bond acceptors (Lipinski definition) is 4. The van der Waals surface area contributed by atoms with E-state index in [1.54, 1.807) is 24.3 Å². The number of nitrogens with zero attached hydrogens (tertiary/aromatic N) is 4. The summed E-state index contributed by atoms with van der Waals surface area (Å²) in [5, 5.41) is 7.89. The van der Waals surface area contributed by atoms with Crippen LogP contribution in [0.1, 0.15) is 54.9 Å². The van der Waals surface area contributed by atoms with Gasteiger partial charge in [0.05, 0.1) is 17.4 Å². The van der Waals surface area contributed by atoms with Crippen LogP contribution in [0.4, 0.5) is 4.39 Å². The number of carbonyl (C=O) groups excluding carboxylic acids is 1. The highest BCUT2D eigenvalue weighted by Crippen LogP contribution is 2.21. The zero-order valence-corrected chi connectivity index (χ0v) is 20.0. The molecule has 35 heavy (non-hydrogen) atoms. The first-order valence-corrected chi connectivity index (χ1v) is 12.2. The summed E-state index contributed by atoms with van der Waals surface area (Å²) < 4.78 is 18.3. The largest absolute Gasteiger partial charge is 0.352 e. The number of rotatable bonds is 6. The van der Waals surface area contributed by atoms with Crippen LogP contribution in [0.5, 0.6) is 0 Å². The molecule has 1 N–H and O–H groups in total. The van der Waals surface area contributed by atoms with Crippen molar-refractivity contribution in [2.45, 2.75) is 58.2 Å². The van der Waals surface area contributed by atoms with E-state index in [4.69, 9.17) is 11.6 Å². The second kappa shape index (κ2) is 9.30. The van der Waals surface area contributed by atoms with Crippen LogP contribution in [0.3, 0.4) is 0 Å². The summed E-state index contributed by atoms with van der Waals surface area (Å²) in [6.45, 7) is 2.06. The van der Waals surface area contributed by atoms with E-state index in [9.17, 15) is 18.8 Å². The van der Waals surface area contributed by atoms with Gasteiger partial charge < -0.3 is 5.32 Å². The van der Waals surface area contributed by atoms with Crippen LogP contribution in [0.15, 0.2) is 46.0 Å². The number of aromatic nitrogens is 4. The minimum absolute atomic E-state index is 0.130. The molecule has 4 aromatic rings. The molecule has 0 radical (unpaired) electrons. The maximum atomic E-state index is 14.4. The van der Waals surface area contributed by atoms with Gasteiger partial charge in [0.15, 0.2) is 0 Å². The molecular formula is C25H25ClFN5O3. The topological polar surface area (TPSA) is 90.4 Å². The third kappa shape index (κ3) is 4.14. The summed E-state index contributed by atoms with van der Waals surface area (Å²) in [6.07, 6.45) is 4.69. The molecule has 1 amide bonds. The van der Waals surface area contributed by atoms with Gasteiger partial charge in [-0.05, 0) is 49.6 Å². The van der Waals surface area contributed by atoms with Crippen molar-refractivity contribution in [3.05, 3.63) is 79.2 Å². The van der Waals surface area contributed by atoms with E-state index >= 15 is 0 Å². The lowest BCUT2D eigenvalue weighted by molar-refractivity contribution is 0.0938. The van der Waals surface area contributed by atoms with Crippen molar-refractivity contribution in [3.63, 3.8) is 0 Å². The normalized spacial score (nSPS) is 14.3. The molecule has 2 aromatic carbocycles. The summed E-state index contributed by atoms with van der Waals surface area (Å²) in [7, 11) is 0. The SMILES string of the molecule is CCCn1c(=O)c2ccc(C(=O)NC3CCCC3)cc2n2c(=O)n(Cc3c(F)cccc3Cl)nc12. The smallest absolute Gasteiger partial charge is 0.349 e. The molecule has 5 rings (SSSR count). The maximum Gasteiger partial charge on any atom is 0.352 e. The standard InChI is InChI=1S/C25H25ClFN5O3/c1-2-12-30-23(34)17-11-10-15(22(33)28-16-6-3-4-7-16)13-21(17)32-24(30)29-31(25(32)35)14-18-19(26)8-5-9-20(18)27/h5,8-11,13,16H,2-4,6-7,12,14H2,1H3,(H,28,33). The lowest BCUT2D eigenvalue weighted by atomic mass is 10.1. The van der Waals surface area contributed by atoms with Gasteiger partial charge in [0, 0.05) is 28.7 Å². The van der Waals surface area contributed by atoms with E-state index in [1.165, 1.54) is 21.1 Å². The van der Waals surface area contributed by atoms with Crippen molar-refractivity contribution in [1.82, 2.24) is 24.1 Å². The quantitative estimate of drug-likeness (QED) is 0.439. The van der Waals surface area contributed by atoms with Crippen LogP contribution < -0.4 is 16.6 Å². The van der Waals surface area contributed by atoms with Gasteiger partial charge in [-0.3, -0.25) is 14.2 Å². The average molecular weight is 498 g/mol. The number of hydrogen-bond donors (Lipinski definition) is 1. The fourth-order valence-corrected chi connectivity index (χ4v) is 4.98. The minimum atomic E-state index is -0.553. The van der Waals surface area contributed by atoms with Crippen molar-refractivity contribution in [3.8, 4) is 0 Å². The Morgan fingerprint density at radius 3 is 2.69 bits per heavy atom. The third-order valence-corrected chi connectivity index (χ3v) is 6.90. The van der Waals surface area contributed by atoms with E-state index < -0.39 is 11.5 Å². The minimum Gasteiger partial charge on any atom is -0.349 e. The molecule has 0 bridgehead atoms. The monoisotopic (exact) mass is 497 g/mol. The Kier molecular flexibility index (Phi) is 6.19.